The molecule has 1 aromatic heterocycles. The summed E-state index contributed by atoms with van der Waals surface area (Å²) in [5, 5.41) is 0. The third-order valence-electron chi connectivity index (χ3n) is 3.05. The molecule has 2 nitrogen and oxygen atoms in total. The number of hydrogen-bond donors (Lipinski definition) is 0. The molecule has 0 amide bonds. The topological polar surface area (TPSA) is 16.1 Å². The van der Waals surface area contributed by atoms with Gasteiger partial charge in [-0.25, -0.2) is 4.98 Å². The lowest BCUT2D eigenvalue weighted by atomic mass is 10.0. The van der Waals surface area contributed by atoms with Crippen LogP contribution in [0, 0.1) is 5.92 Å². The average Bonchev–Trinajstić information content (AvgIpc) is 2.44. The Morgan fingerprint density at radius 3 is 2.93 bits per heavy atom. The van der Waals surface area contributed by atoms with E-state index < -0.39 is 0 Å². The molecule has 1 atom stereocenters. The van der Waals surface area contributed by atoms with Crippen LogP contribution in [0.4, 0.5) is 5.82 Å². The molecule has 0 radical (unpaired) electrons. The summed E-state index contributed by atoms with van der Waals surface area (Å²) in [7, 11) is 0. The number of halogens is 1. The predicted octanol–water partition coefficient (Wildman–Crippen LogP) is 3.47. The van der Waals surface area contributed by atoms with Crippen molar-refractivity contribution < 1.29 is 0 Å². The van der Waals surface area contributed by atoms with Crippen molar-refractivity contribution in [3.8, 4) is 0 Å². The maximum absolute atomic E-state index is 4.45. The zero-order chi connectivity index (χ0) is 10.7. The second kappa shape index (κ2) is 4.97. The lowest BCUT2D eigenvalue weighted by Gasteiger charge is -2.21. The van der Waals surface area contributed by atoms with E-state index in [0.717, 1.165) is 29.3 Å². The van der Waals surface area contributed by atoms with Crippen molar-refractivity contribution in [2.24, 2.45) is 5.92 Å². The van der Waals surface area contributed by atoms with Crippen LogP contribution in [0.2, 0.25) is 0 Å². The molecule has 1 aliphatic heterocycles. The first kappa shape index (κ1) is 10.9. The molecule has 1 saturated heterocycles. The van der Waals surface area contributed by atoms with Crippen LogP contribution in [-0.2, 0) is 0 Å². The number of rotatable bonds is 1. The van der Waals surface area contributed by atoms with Gasteiger partial charge in [0.15, 0.2) is 0 Å². The molecule has 0 aromatic carbocycles. The first-order chi connectivity index (χ1) is 7.25. The molecule has 2 rings (SSSR count). The Kier molecular flexibility index (Phi) is 3.62. The first-order valence-corrected chi connectivity index (χ1v) is 6.41. The van der Waals surface area contributed by atoms with Crippen molar-refractivity contribution in [1.82, 2.24) is 4.98 Å². The van der Waals surface area contributed by atoms with Crippen LogP contribution in [0.3, 0.4) is 0 Å². The number of anilines is 1. The van der Waals surface area contributed by atoms with Crippen LogP contribution in [0.25, 0.3) is 0 Å². The molecule has 1 unspecified atom stereocenters. The third-order valence-corrected chi connectivity index (χ3v) is 3.52. The van der Waals surface area contributed by atoms with Gasteiger partial charge in [-0.2, -0.15) is 0 Å². The van der Waals surface area contributed by atoms with Crippen LogP contribution in [0.1, 0.15) is 26.2 Å². The van der Waals surface area contributed by atoms with Crippen molar-refractivity contribution >= 4 is 21.7 Å². The summed E-state index contributed by atoms with van der Waals surface area (Å²) in [5.41, 5.74) is 0. The van der Waals surface area contributed by atoms with Crippen LogP contribution in [0.15, 0.2) is 22.8 Å². The SMILES string of the molecule is CC1CCCN(c2ccc(Br)cn2)CC1. The maximum atomic E-state index is 4.45. The monoisotopic (exact) mass is 268 g/mol. The maximum Gasteiger partial charge on any atom is 0.128 e. The summed E-state index contributed by atoms with van der Waals surface area (Å²) in [6.07, 6.45) is 5.81. The van der Waals surface area contributed by atoms with Gasteiger partial charge in [0.1, 0.15) is 5.82 Å². The van der Waals surface area contributed by atoms with Crippen LogP contribution >= 0.6 is 15.9 Å². The van der Waals surface area contributed by atoms with Gasteiger partial charge in [0.25, 0.3) is 0 Å². The molecule has 82 valence electrons. The average molecular weight is 269 g/mol. The van der Waals surface area contributed by atoms with Crippen molar-refractivity contribution in [2.45, 2.75) is 26.2 Å². The number of nitrogens with zero attached hydrogens (tertiary/aromatic N) is 2. The minimum absolute atomic E-state index is 0.866. The summed E-state index contributed by atoms with van der Waals surface area (Å²) in [5.74, 6) is 1.98. The molecular weight excluding hydrogens is 252 g/mol. The number of aromatic nitrogens is 1. The largest absolute Gasteiger partial charge is 0.357 e. The van der Waals surface area contributed by atoms with Gasteiger partial charge in [-0.15, -0.1) is 0 Å². The van der Waals surface area contributed by atoms with Crippen molar-refractivity contribution in [2.75, 3.05) is 18.0 Å². The molecular formula is C12H17BrN2. The highest BCUT2D eigenvalue weighted by molar-refractivity contribution is 9.10. The van der Waals surface area contributed by atoms with Gasteiger partial charge in [0, 0.05) is 23.8 Å². The van der Waals surface area contributed by atoms with Crippen molar-refractivity contribution in [1.29, 1.82) is 0 Å². The van der Waals surface area contributed by atoms with Crippen molar-refractivity contribution in [3.05, 3.63) is 22.8 Å². The Balaban J connectivity index is 2.06. The number of pyridine rings is 1. The van der Waals surface area contributed by atoms with E-state index in [9.17, 15) is 0 Å². The minimum atomic E-state index is 0.866. The highest BCUT2D eigenvalue weighted by Gasteiger charge is 2.14. The van der Waals surface area contributed by atoms with E-state index in [1.54, 1.807) is 0 Å². The number of hydrogen-bond acceptors (Lipinski definition) is 2. The summed E-state index contributed by atoms with van der Waals surface area (Å²) in [6.45, 7) is 4.65. The van der Waals surface area contributed by atoms with Gasteiger partial charge >= 0.3 is 0 Å². The normalized spacial score (nSPS) is 22.5. The Bertz CT molecular complexity index is 310. The highest BCUT2D eigenvalue weighted by Crippen LogP contribution is 2.21. The molecule has 15 heavy (non-hydrogen) atoms. The van der Waals surface area contributed by atoms with E-state index in [2.05, 4.69) is 44.9 Å². The van der Waals surface area contributed by atoms with Crippen LogP contribution in [0.5, 0.6) is 0 Å². The third kappa shape index (κ3) is 2.94. The quantitative estimate of drug-likeness (QED) is 0.776. The summed E-state index contributed by atoms with van der Waals surface area (Å²) in [4.78, 5) is 6.85. The fourth-order valence-electron chi connectivity index (χ4n) is 2.05. The van der Waals surface area contributed by atoms with E-state index in [4.69, 9.17) is 0 Å². The Morgan fingerprint density at radius 1 is 1.33 bits per heavy atom. The van der Waals surface area contributed by atoms with Gasteiger partial charge in [0.05, 0.1) is 0 Å². The minimum Gasteiger partial charge on any atom is -0.357 e. The highest BCUT2D eigenvalue weighted by atomic mass is 79.9. The molecule has 1 aliphatic rings. The summed E-state index contributed by atoms with van der Waals surface area (Å²) < 4.78 is 1.05. The standard InChI is InChI=1S/C12H17BrN2/c1-10-3-2-7-15(8-6-10)12-5-4-11(13)9-14-12/h4-5,9-10H,2-3,6-8H2,1H3. The zero-order valence-corrected chi connectivity index (χ0v) is 10.7. The van der Waals surface area contributed by atoms with Gasteiger partial charge in [-0.05, 0) is 53.2 Å². The molecule has 0 aliphatic carbocycles. The molecule has 2 heterocycles. The lowest BCUT2D eigenvalue weighted by Crippen LogP contribution is -2.24. The van der Waals surface area contributed by atoms with Gasteiger partial charge < -0.3 is 4.90 Å². The summed E-state index contributed by atoms with van der Waals surface area (Å²) in [6, 6.07) is 4.16. The van der Waals surface area contributed by atoms with Gasteiger partial charge in [0.2, 0.25) is 0 Å². The van der Waals surface area contributed by atoms with Gasteiger partial charge in [-0.1, -0.05) is 6.92 Å². The fourth-order valence-corrected chi connectivity index (χ4v) is 2.28. The van der Waals surface area contributed by atoms with E-state index in [-0.39, 0.29) is 0 Å². The Labute approximate surface area is 99.8 Å². The molecule has 0 saturated carbocycles. The lowest BCUT2D eigenvalue weighted by molar-refractivity contribution is 0.521. The molecule has 1 aromatic rings. The van der Waals surface area contributed by atoms with Crippen LogP contribution < -0.4 is 4.90 Å². The second-order valence-corrected chi connectivity index (χ2v) is 5.27. The molecule has 0 bridgehead atoms. The van der Waals surface area contributed by atoms with E-state index in [1.165, 1.54) is 19.3 Å². The fraction of sp³-hybridized carbons (Fsp3) is 0.583. The molecule has 1 fully saturated rings. The zero-order valence-electron chi connectivity index (χ0n) is 9.12. The van der Waals surface area contributed by atoms with E-state index >= 15 is 0 Å². The summed E-state index contributed by atoms with van der Waals surface area (Å²) >= 11 is 3.41. The second-order valence-electron chi connectivity index (χ2n) is 4.36. The van der Waals surface area contributed by atoms with E-state index in [1.807, 2.05) is 6.20 Å². The molecule has 0 N–H and O–H groups in total. The predicted molar refractivity (Wildman–Crippen MR) is 67.2 cm³/mol. The van der Waals surface area contributed by atoms with Gasteiger partial charge in [-0.3, -0.25) is 0 Å². The smallest absolute Gasteiger partial charge is 0.128 e. The molecule has 3 heteroatoms. The Morgan fingerprint density at radius 2 is 2.20 bits per heavy atom. The molecule has 0 spiro atoms. The van der Waals surface area contributed by atoms with Crippen molar-refractivity contribution in [3.63, 3.8) is 0 Å². The first-order valence-electron chi connectivity index (χ1n) is 5.62. The van der Waals surface area contributed by atoms with E-state index in [0.29, 0.717) is 0 Å². The van der Waals surface area contributed by atoms with Crippen LogP contribution in [-0.4, -0.2) is 18.1 Å². The Hall–Kier alpha value is -0.570.